The number of nitrogens with two attached hydrogens (primary N) is 1. The number of rotatable bonds is 4. The lowest BCUT2D eigenvalue weighted by Crippen LogP contribution is -2.32. The van der Waals surface area contributed by atoms with Gasteiger partial charge in [0.2, 0.25) is 5.95 Å². The molecule has 0 saturated carbocycles. The van der Waals surface area contributed by atoms with Crippen LogP contribution in [0.1, 0.15) is 40.0 Å². The number of hydrogen-bond donors (Lipinski definition) is 1. The summed E-state index contributed by atoms with van der Waals surface area (Å²) in [5.41, 5.74) is 8.35. The lowest BCUT2D eigenvalue weighted by atomic mass is 9.89. The molecule has 2 aromatic rings. The van der Waals surface area contributed by atoms with Crippen LogP contribution in [-0.2, 0) is 5.54 Å². The first-order valence-corrected chi connectivity index (χ1v) is 6.42. The highest BCUT2D eigenvalue weighted by molar-refractivity contribution is 5.78. The van der Waals surface area contributed by atoms with Crippen LogP contribution < -0.4 is 5.73 Å². The van der Waals surface area contributed by atoms with Gasteiger partial charge in [-0.3, -0.25) is 0 Å². The Morgan fingerprint density at radius 2 is 1.71 bits per heavy atom. The molecule has 0 atom stereocenters. The number of benzene rings is 1. The largest absolute Gasteiger partial charge is 0.369 e. The van der Waals surface area contributed by atoms with Crippen molar-refractivity contribution in [3.63, 3.8) is 0 Å². The minimum absolute atomic E-state index is 0.0974. The van der Waals surface area contributed by atoms with Crippen molar-refractivity contribution in [3.8, 4) is 0 Å². The van der Waals surface area contributed by atoms with Gasteiger partial charge in [0.05, 0.1) is 11.0 Å². The van der Waals surface area contributed by atoms with Gasteiger partial charge in [0.1, 0.15) is 0 Å². The van der Waals surface area contributed by atoms with E-state index >= 15 is 0 Å². The number of aromatic nitrogens is 2. The fourth-order valence-electron chi connectivity index (χ4n) is 2.77. The van der Waals surface area contributed by atoms with E-state index in [-0.39, 0.29) is 5.54 Å². The summed E-state index contributed by atoms with van der Waals surface area (Å²) in [6, 6.07) is 8.18. The number of nitrogen functional groups attached to an aromatic ring is 1. The molecule has 2 rings (SSSR count). The molecule has 0 aliphatic carbocycles. The second-order valence-corrected chi connectivity index (χ2v) is 4.58. The van der Waals surface area contributed by atoms with Crippen LogP contribution in [-0.4, -0.2) is 9.55 Å². The number of nitrogens with zero attached hydrogens (tertiary/aromatic N) is 2. The summed E-state index contributed by atoms with van der Waals surface area (Å²) in [6.45, 7) is 6.67. The summed E-state index contributed by atoms with van der Waals surface area (Å²) in [4.78, 5) is 4.46. The minimum Gasteiger partial charge on any atom is -0.369 e. The molecule has 0 radical (unpaired) electrons. The molecule has 17 heavy (non-hydrogen) atoms. The normalized spacial score (nSPS) is 12.2. The van der Waals surface area contributed by atoms with Gasteiger partial charge in [0, 0.05) is 5.54 Å². The average molecular weight is 231 g/mol. The number of imidazole rings is 1. The van der Waals surface area contributed by atoms with Crippen LogP contribution in [0.4, 0.5) is 5.95 Å². The Kier molecular flexibility index (Phi) is 3.09. The molecule has 0 aliphatic rings. The molecule has 1 aromatic heterocycles. The maximum Gasteiger partial charge on any atom is 0.201 e. The van der Waals surface area contributed by atoms with E-state index in [1.165, 1.54) is 0 Å². The van der Waals surface area contributed by atoms with Crippen molar-refractivity contribution in [2.45, 2.75) is 45.6 Å². The molecule has 0 aliphatic heterocycles. The Morgan fingerprint density at radius 1 is 1.12 bits per heavy atom. The first-order valence-electron chi connectivity index (χ1n) is 6.42. The first-order chi connectivity index (χ1) is 8.18. The molecule has 3 heteroatoms. The molecule has 1 aromatic carbocycles. The van der Waals surface area contributed by atoms with E-state index in [9.17, 15) is 0 Å². The third-order valence-corrected chi connectivity index (χ3v) is 4.04. The predicted molar refractivity (Wildman–Crippen MR) is 73.0 cm³/mol. The van der Waals surface area contributed by atoms with Gasteiger partial charge in [-0.1, -0.05) is 32.9 Å². The Hall–Kier alpha value is -1.51. The summed E-state index contributed by atoms with van der Waals surface area (Å²) in [5, 5.41) is 0. The van der Waals surface area contributed by atoms with Gasteiger partial charge in [-0.05, 0) is 31.4 Å². The van der Waals surface area contributed by atoms with Crippen LogP contribution in [0.25, 0.3) is 11.0 Å². The molecule has 0 unspecified atom stereocenters. The van der Waals surface area contributed by atoms with Crippen LogP contribution in [0.3, 0.4) is 0 Å². The van der Waals surface area contributed by atoms with E-state index in [1.54, 1.807) is 0 Å². The summed E-state index contributed by atoms with van der Waals surface area (Å²) in [7, 11) is 0. The highest BCUT2D eigenvalue weighted by Gasteiger charge is 2.29. The summed E-state index contributed by atoms with van der Waals surface area (Å²) >= 11 is 0. The fraction of sp³-hybridized carbons (Fsp3) is 0.500. The topological polar surface area (TPSA) is 43.8 Å². The van der Waals surface area contributed by atoms with Crippen molar-refractivity contribution in [2.75, 3.05) is 5.73 Å². The average Bonchev–Trinajstić information content (AvgIpc) is 2.70. The van der Waals surface area contributed by atoms with Crippen LogP contribution in [0.2, 0.25) is 0 Å². The molecule has 2 N–H and O–H groups in total. The third kappa shape index (κ3) is 1.70. The minimum atomic E-state index is 0.0974. The highest BCUT2D eigenvalue weighted by atomic mass is 15.2. The highest BCUT2D eigenvalue weighted by Crippen LogP contribution is 2.35. The lowest BCUT2D eigenvalue weighted by Gasteiger charge is -2.33. The van der Waals surface area contributed by atoms with Gasteiger partial charge in [-0.2, -0.15) is 0 Å². The maximum absolute atomic E-state index is 6.12. The summed E-state index contributed by atoms with van der Waals surface area (Å²) < 4.78 is 2.22. The Balaban J connectivity index is 2.72. The van der Waals surface area contributed by atoms with E-state index in [4.69, 9.17) is 5.73 Å². The molecule has 0 fully saturated rings. The summed E-state index contributed by atoms with van der Waals surface area (Å²) in [6.07, 6.45) is 3.22. The van der Waals surface area contributed by atoms with Crippen LogP contribution >= 0.6 is 0 Å². The molecule has 0 amide bonds. The van der Waals surface area contributed by atoms with Crippen LogP contribution in [0, 0.1) is 0 Å². The van der Waals surface area contributed by atoms with Crippen LogP contribution in [0.15, 0.2) is 24.3 Å². The Labute approximate surface area is 103 Å². The quantitative estimate of drug-likeness (QED) is 0.874. The van der Waals surface area contributed by atoms with Crippen molar-refractivity contribution in [1.29, 1.82) is 0 Å². The molecule has 3 nitrogen and oxygen atoms in total. The number of hydrogen-bond acceptors (Lipinski definition) is 2. The second-order valence-electron chi connectivity index (χ2n) is 4.58. The van der Waals surface area contributed by atoms with E-state index in [0.29, 0.717) is 5.95 Å². The van der Waals surface area contributed by atoms with Gasteiger partial charge in [-0.25, -0.2) is 4.98 Å². The molecular formula is C14H21N3. The number of fused-ring (bicyclic) bond motifs is 1. The third-order valence-electron chi connectivity index (χ3n) is 4.04. The SMILES string of the molecule is CCC(CC)(CC)n1c(N)nc2ccccc21. The molecule has 0 bridgehead atoms. The fourth-order valence-corrected chi connectivity index (χ4v) is 2.77. The van der Waals surface area contributed by atoms with Crippen molar-refractivity contribution >= 4 is 17.0 Å². The van der Waals surface area contributed by atoms with Gasteiger partial charge in [0.15, 0.2) is 0 Å². The van der Waals surface area contributed by atoms with Crippen molar-refractivity contribution in [2.24, 2.45) is 0 Å². The standard InChI is InChI=1S/C14H21N3/c1-4-14(5-2,6-3)17-12-10-8-7-9-11(12)16-13(17)15/h7-10H,4-6H2,1-3H3,(H2,15,16). The summed E-state index contributed by atoms with van der Waals surface area (Å²) in [5.74, 6) is 0.636. The molecule has 0 saturated heterocycles. The van der Waals surface area contributed by atoms with Crippen molar-refractivity contribution in [3.05, 3.63) is 24.3 Å². The van der Waals surface area contributed by atoms with Crippen molar-refractivity contribution in [1.82, 2.24) is 9.55 Å². The van der Waals surface area contributed by atoms with E-state index in [2.05, 4.69) is 36.4 Å². The predicted octanol–water partition coefficient (Wildman–Crippen LogP) is 3.54. The monoisotopic (exact) mass is 231 g/mol. The van der Waals surface area contributed by atoms with Crippen molar-refractivity contribution < 1.29 is 0 Å². The molecular weight excluding hydrogens is 210 g/mol. The zero-order valence-corrected chi connectivity index (χ0v) is 10.9. The maximum atomic E-state index is 6.12. The number of anilines is 1. The van der Waals surface area contributed by atoms with Gasteiger partial charge >= 0.3 is 0 Å². The van der Waals surface area contributed by atoms with E-state index in [0.717, 1.165) is 30.3 Å². The first kappa shape index (κ1) is 12.0. The van der Waals surface area contributed by atoms with Gasteiger partial charge in [-0.15, -0.1) is 0 Å². The van der Waals surface area contributed by atoms with E-state index < -0.39 is 0 Å². The van der Waals surface area contributed by atoms with E-state index in [1.807, 2.05) is 18.2 Å². The van der Waals surface area contributed by atoms with Gasteiger partial charge in [0.25, 0.3) is 0 Å². The van der Waals surface area contributed by atoms with Gasteiger partial charge < -0.3 is 10.3 Å². The Morgan fingerprint density at radius 3 is 2.29 bits per heavy atom. The zero-order chi connectivity index (χ0) is 12.5. The Bertz CT molecular complexity index is 501. The van der Waals surface area contributed by atoms with Crippen LogP contribution in [0.5, 0.6) is 0 Å². The second kappa shape index (κ2) is 4.40. The zero-order valence-electron chi connectivity index (χ0n) is 10.9. The smallest absolute Gasteiger partial charge is 0.201 e. The molecule has 1 heterocycles. The molecule has 92 valence electrons. The molecule has 0 spiro atoms. The number of para-hydroxylation sites is 2. The lowest BCUT2D eigenvalue weighted by molar-refractivity contribution is 0.262.